The molecule has 0 aliphatic rings. The van der Waals surface area contributed by atoms with E-state index in [0.717, 1.165) is 23.0 Å². The van der Waals surface area contributed by atoms with Gasteiger partial charge < -0.3 is 22.5 Å². The zero-order valence-corrected chi connectivity index (χ0v) is 22.2. The van der Waals surface area contributed by atoms with Gasteiger partial charge in [0.2, 0.25) is 5.91 Å². The maximum absolute atomic E-state index is 13.4. The average Bonchev–Trinajstić information content (AvgIpc) is 2.92. The topological polar surface area (TPSA) is 152 Å². The van der Waals surface area contributed by atoms with Crippen LogP contribution in [0.5, 0.6) is 0 Å². The van der Waals surface area contributed by atoms with E-state index in [1.54, 1.807) is 6.20 Å². The van der Waals surface area contributed by atoms with Gasteiger partial charge in [-0.25, -0.2) is 5.01 Å². The van der Waals surface area contributed by atoms with Gasteiger partial charge in [0.25, 0.3) is 0 Å². The third-order valence-corrected chi connectivity index (χ3v) is 6.38. The van der Waals surface area contributed by atoms with Crippen molar-refractivity contribution in [2.45, 2.75) is 37.5 Å². The second-order valence-electron chi connectivity index (χ2n) is 9.51. The predicted octanol–water partition coefficient (Wildman–Crippen LogP) is 1.53. The third kappa shape index (κ3) is 9.35. The number of nitrogens with zero attached hydrogens (tertiary/aromatic N) is 2. The monoisotopic (exact) mass is 559 g/mol. The summed E-state index contributed by atoms with van der Waals surface area (Å²) in [4.78, 5) is 30.7. The number of Topliss-reactive ketones (excluding diaryl/α,β-unsaturated/α-hetero) is 1. The van der Waals surface area contributed by atoms with E-state index in [1.165, 1.54) is 12.1 Å². The first-order valence-electron chi connectivity index (χ1n) is 13.1. The molecule has 1 amide bonds. The van der Waals surface area contributed by atoms with Gasteiger partial charge in [0.1, 0.15) is 0 Å². The molecule has 0 saturated carbocycles. The van der Waals surface area contributed by atoms with Gasteiger partial charge in [-0.05, 0) is 48.2 Å². The van der Waals surface area contributed by atoms with Crippen LogP contribution >= 0.6 is 0 Å². The molecule has 0 aliphatic carbocycles. The van der Waals surface area contributed by atoms with E-state index >= 15 is 0 Å². The molecule has 8 N–H and O–H groups in total. The van der Waals surface area contributed by atoms with Crippen molar-refractivity contribution in [2.75, 3.05) is 32.7 Å². The number of hydrogen-bond acceptors (Lipinski definition) is 8. The summed E-state index contributed by atoms with van der Waals surface area (Å²) in [6, 6.07) is 11.9. The SMILES string of the molecule is NCCN(CCN)NCC[C@H](N)C(=O)N[C@H](Cc1ccc(C(F)(F)F)cc1)C(=O)Cc1cnc2ccccc2c1. The van der Waals surface area contributed by atoms with Gasteiger partial charge in [-0.1, -0.05) is 30.3 Å². The maximum Gasteiger partial charge on any atom is 0.416 e. The summed E-state index contributed by atoms with van der Waals surface area (Å²) in [5.74, 6) is -0.847. The first-order chi connectivity index (χ1) is 19.1. The summed E-state index contributed by atoms with van der Waals surface area (Å²) in [5, 5.41) is 5.43. The van der Waals surface area contributed by atoms with Crippen LogP contribution in [-0.4, -0.2) is 66.5 Å². The molecule has 0 bridgehead atoms. The van der Waals surface area contributed by atoms with E-state index in [2.05, 4.69) is 15.7 Å². The summed E-state index contributed by atoms with van der Waals surface area (Å²) < 4.78 is 39.0. The Morgan fingerprint density at radius 3 is 2.30 bits per heavy atom. The van der Waals surface area contributed by atoms with Crippen LogP contribution < -0.4 is 27.9 Å². The van der Waals surface area contributed by atoms with Crippen LogP contribution in [-0.2, 0) is 28.6 Å². The molecule has 2 atom stereocenters. The lowest BCUT2D eigenvalue weighted by Crippen LogP contribution is -2.51. The number of nitrogens with one attached hydrogen (secondary N) is 2. The number of benzene rings is 2. The molecule has 1 aromatic heterocycles. The lowest BCUT2D eigenvalue weighted by Gasteiger charge is -2.24. The van der Waals surface area contributed by atoms with Gasteiger partial charge in [0.05, 0.1) is 23.2 Å². The van der Waals surface area contributed by atoms with Crippen molar-refractivity contribution < 1.29 is 22.8 Å². The number of nitrogens with two attached hydrogens (primary N) is 3. The average molecular weight is 560 g/mol. The highest BCUT2D eigenvalue weighted by molar-refractivity contribution is 5.92. The van der Waals surface area contributed by atoms with Crippen LogP contribution in [0.2, 0.25) is 0 Å². The molecule has 12 heteroatoms. The molecule has 0 unspecified atom stereocenters. The number of hydrazine groups is 1. The molecular formula is C28H36F3N7O2. The minimum Gasteiger partial charge on any atom is -0.345 e. The van der Waals surface area contributed by atoms with Crippen LogP contribution in [0.25, 0.3) is 10.9 Å². The molecular weight excluding hydrogens is 523 g/mol. The standard InChI is InChI=1S/C28H36F3N7O2/c29-28(30,31)22-7-5-19(6-8-22)16-25(26(39)17-20-15-21-3-1-2-4-24(21)35-18-20)37-27(40)23(34)9-12-36-38(13-10-32)14-11-33/h1-8,15,18,23,25,36H,9-14,16-17,32-34H2,(H,37,40)/t23-,25+/m0/s1. The second-order valence-corrected chi connectivity index (χ2v) is 9.51. The Morgan fingerprint density at radius 1 is 0.975 bits per heavy atom. The number of para-hydroxylation sites is 1. The van der Waals surface area contributed by atoms with Gasteiger partial charge >= 0.3 is 6.18 Å². The number of amides is 1. The molecule has 0 spiro atoms. The summed E-state index contributed by atoms with van der Waals surface area (Å²) >= 11 is 0. The highest BCUT2D eigenvalue weighted by atomic mass is 19.4. The smallest absolute Gasteiger partial charge is 0.345 e. The zero-order chi connectivity index (χ0) is 29.1. The lowest BCUT2D eigenvalue weighted by molar-refractivity contribution is -0.137. The van der Waals surface area contributed by atoms with Gasteiger partial charge in [0.15, 0.2) is 5.78 Å². The van der Waals surface area contributed by atoms with Crippen LogP contribution in [0.1, 0.15) is 23.1 Å². The van der Waals surface area contributed by atoms with E-state index in [0.29, 0.717) is 43.9 Å². The van der Waals surface area contributed by atoms with Gasteiger partial charge in [-0.15, -0.1) is 0 Å². The quantitative estimate of drug-likeness (QED) is 0.176. The maximum atomic E-state index is 13.4. The molecule has 216 valence electrons. The van der Waals surface area contributed by atoms with E-state index in [9.17, 15) is 22.8 Å². The molecule has 40 heavy (non-hydrogen) atoms. The zero-order valence-electron chi connectivity index (χ0n) is 22.2. The number of halogens is 3. The van der Waals surface area contributed by atoms with Crippen LogP contribution in [0.15, 0.2) is 60.8 Å². The number of rotatable bonds is 15. The Hall–Kier alpha value is -3.42. The number of hydrogen-bond donors (Lipinski definition) is 5. The molecule has 0 saturated heterocycles. The Labute approximate surface area is 231 Å². The van der Waals surface area contributed by atoms with E-state index in [4.69, 9.17) is 17.2 Å². The summed E-state index contributed by atoms with van der Waals surface area (Å²) in [5.41, 5.74) is 21.5. The number of ketones is 1. The van der Waals surface area contributed by atoms with Gasteiger partial charge in [0, 0.05) is 50.7 Å². The first-order valence-corrected chi connectivity index (χ1v) is 13.1. The van der Waals surface area contributed by atoms with Crippen LogP contribution in [0, 0.1) is 0 Å². The molecule has 3 aromatic rings. The molecule has 9 nitrogen and oxygen atoms in total. The van der Waals surface area contributed by atoms with Crippen molar-refractivity contribution in [1.29, 1.82) is 0 Å². The van der Waals surface area contributed by atoms with E-state index in [-0.39, 0.29) is 25.0 Å². The fourth-order valence-corrected chi connectivity index (χ4v) is 4.22. The Kier molecular flexibility index (Phi) is 11.5. The predicted molar refractivity (Wildman–Crippen MR) is 148 cm³/mol. The fourth-order valence-electron chi connectivity index (χ4n) is 4.22. The summed E-state index contributed by atoms with van der Waals surface area (Å²) in [7, 11) is 0. The van der Waals surface area contributed by atoms with E-state index < -0.39 is 29.7 Å². The number of carbonyl (C=O) groups excluding carboxylic acids is 2. The largest absolute Gasteiger partial charge is 0.416 e. The van der Waals surface area contributed by atoms with Crippen molar-refractivity contribution in [2.24, 2.45) is 17.2 Å². The second kappa shape index (κ2) is 14.8. The minimum absolute atomic E-state index is 0.00939. The lowest BCUT2D eigenvalue weighted by atomic mass is 9.96. The summed E-state index contributed by atoms with van der Waals surface area (Å²) in [6.45, 7) is 2.40. The Morgan fingerprint density at radius 2 is 1.65 bits per heavy atom. The number of alkyl halides is 3. The van der Waals surface area contributed by atoms with Gasteiger partial charge in [-0.2, -0.15) is 13.2 Å². The molecule has 1 heterocycles. The van der Waals surface area contributed by atoms with E-state index in [1.807, 2.05) is 35.3 Å². The van der Waals surface area contributed by atoms with Crippen LogP contribution in [0.3, 0.4) is 0 Å². The van der Waals surface area contributed by atoms with Crippen molar-refractivity contribution in [1.82, 2.24) is 20.7 Å². The van der Waals surface area contributed by atoms with Crippen molar-refractivity contribution >= 4 is 22.6 Å². The molecule has 0 radical (unpaired) electrons. The van der Waals surface area contributed by atoms with Gasteiger partial charge in [-0.3, -0.25) is 20.0 Å². The van der Waals surface area contributed by atoms with Crippen molar-refractivity contribution in [3.05, 3.63) is 77.5 Å². The molecule has 2 aromatic carbocycles. The fraction of sp³-hybridized carbons (Fsp3) is 0.393. The normalized spacial score (nSPS) is 13.4. The first kappa shape index (κ1) is 31.1. The highest BCUT2D eigenvalue weighted by Crippen LogP contribution is 2.29. The highest BCUT2D eigenvalue weighted by Gasteiger charge is 2.30. The Bertz CT molecular complexity index is 1250. The minimum atomic E-state index is -4.48. The number of pyridine rings is 1. The molecule has 0 aliphatic heterocycles. The molecule has 3 rings (SSSR count). The third-order valence-electron chi connectivity index (χ3n) is 6.38. The molecule has 0 fully saturated rings. The number of fused-ring (bicyclic) bond motifs is 1. The number of aromatic nitrogens is 1. The van der Waals surface area contributed by atoms with Crippen molar-refractivity contribution in [3.8, 4) is 0 Å². The Balaban J connectivity index is 1.71. The van der Waals surface area contributed by atoms with Crippen LogP contribution in [0.4, 0.5) is 13.2 Å². The number of carbonyl (C=O) groups is 2. The summed E-state index contributed by atoms with van der Waals surface area (Å²) in [6.07, 6.45) is -2.62. The van der Waals surface area contributed by atoms with Crippen molar-refractivity contribution in [3.63, 3.8) is 0 Å².